The number of anilines is 1. The molecule has 1 aromatic heterocycles. The summed E-state index contributed by atoms with van der Waals surface area (Å²) >= 11 is 0. The Kier molecular flexibility index (Phi) is 6.94. The van der Waals surface area contributed by atoms with E-state index in [9.17, 15) is 14.0 Å². The molecule has 29 heavy (non-hydrogen) atoms. The number of nitrogens with zero attached hydrogens (tertiary/aromatic N) is 2. The number of piperidine rings is 1. The second-order valence-electron chi connectivity index (χ2n) is 6.78. The number of likely N-dealkylation sites (tertiary alicyclic amines) is 1. The van der Waals surface area contributed by atoms with Crippen molar-refractivity contribution in [1.29, 1.82) is 0 Å². The molecule has 0 bridgehead atoms. The zero-order chi connectivity index (χ0) is 20.6. The topological polar surface area (TPSA) is 71.5 Å². The van der Waals surface area contributed by atoms with Gasteiger partial charge in [-0.05, 0) is 67.8 Å². The number of hydrogen-bond donors (Lipinski definition) is 1. The molecule has 0 spiro atoms. The van der Waals surface area contributed by atoms with E-state index in [1.54, 1.807) is 24.1 Å². The maximum Gasteiger partial charge on any atom is 0.330 e. The van der Waals surface area contributed by atoms with Gasteiger partial charge in [-0.1, -0.05) is 0 Å². The van der Waals surface area contributed by atoms with Crippen molar-refractivity contribution in [3.63, 3.8) is 0 Å². The fourth-order valence-corrected chi connectivity index (χ4v) is 3.16. The van der Waals surface area contributed by atoms with Crippen LogP contribution in [-0.2, 0) is 9.53 Å². The first-order chi connectivity index (χ1) is 14.0. The fourth-order valence-electron chi connectivity index (χ4n) is 3.16. The molecule has 0 atom stereocenters. The van der Waals surface area contributed by atoms with E-state index in [0.717, 1.165) is 24.2 Å². The molecule has 0 aliphatic carbocycles. The van der Waals surface area contributed by atoms with Crippen molar-refractivity contribution in [1.82, 2.24) is 9.88 Å². The number of carbonyl (C=O) groups excluding carboxylic acids is 2. The molecule has 1 amide bonds. The third kappa shape index (κ3) is 5.88. The monoisotopic (exact) mass is 397 g/mol. The summed E-state index contributed by atoms with van der Waals surface area (Å²) < 4.78 is 17.9. The maximum absolute atomic E-state index is 13.0. The third-order valence-corrected chi connectivity index (χ3v) is 4.71. The van der Waals surface area contributed by atoms with Gasteiger partial charge in [-0.15, -0.1) is 0 Å². The molecule has 1 saturated heterocycles. The van der Waals surface area contributed by atoms with Gasteiger partial charge in [0.1, 0.15) is 11.6 Å². The van der Waals surface area contributed by atoms with Crippen LogP contribution in [0.15, 0.2) is 48.7 Å². The number of benzene rings is 1. The highest BCUT2D eigenvalue weighted by Crippen LogP contribution is 2.18. The molecule has 0 saturated carbocycles. The molecule has 1 fully saturated rings. The smallest absolute Gasteiger partial charge is 0.330 e. The number of hydrogen-bond acceptors (Lipinski definition) is 5. The van der Waals surface area contributed by atoms with Crippen LogP contribution < -0.4 is 5.32 Å². The first kappa shape index (κ1) is 20.5. The van der Waals surface area contributed by atoms with Gasteiger partial charge in [0.2, 0.25) is 0 Å². The largest absolute Gasteiger partial charge is 0.463 e. The Bertz CT molecular complexity index is 858. The van der Waals surface area contributed by atoms with Crippen LogP contribution in [0, 0.1) is 5.82 Å². The Morgan fingerprint density at radius 2 is 1.93 bits per heavy atom. The molecule has 3 rings (SSSR count). The zero-order valence-electron chi connectivity index (χ0n) is 16.3. The summed E-state index contributed by atoms with van der Waals surface area (Å²) in [6, 6.07) is 9.60. The number of pyridine rings is 1. The zero-order valence-corrected chi connectivity index (χ0v) is 16.3. The number of carbonyl (C=O) groups is 2. The lowest BCUT2D eigenvalue weighted by Crippen LogP contribution is -2.42. The van der Waals surface area contributed by atoms with Gasteiger partial charge in [-0.2, -0.15) is 0 Å². The maximum atomic E-state index is 13.0. The van der Waals surface area contributed by atoms with Crippen molar-refractivity contribution in [3.8, 4) is 0 Å². The number of aromatic nitrogens is 1. The number of esters is 1. The van der Waals surface area contributed by atoms with Crippen molar-refractivity contribution in [3.05, 3.63) is 65.6 Å². The fraction of sp³-hybridized carbons (Fsp3) is 0.318. The molecule has 1 aliphatic heterocycles. The summed E-state index contributed by atoms with van der Waals surface area (Å²) in [5.41, 5.74) is 1.31. The van der Waals surface area contributed by atoms with Gasteiger partial charge in [0, 0.05) is 37.0 Å². The van der Waals surface area contributed by atoms with Crippen LogP contribution in [0.3, 0.4) is 0 Å². The number of halogens is 1. The van der Waals surface area contributed by atoms with Crippen molar-refractivity contribution in [2.24, 2.45) is 0 Å². The molecule has 2 heterocycles. The summed E-state index contributed by atoms with van der Waals surface area (Å²) in [4.78, 5) is 30.0. The SMILES string of the molecule is CCOC(=O)/C=C/c1ccc(NC2CCN(C(=O)c3ccc(F)cc3)CC2)nc1. The van der Waals surface area contributed by atoms with Gasteiger partial charge in [0.05, 0.1) is 6.61 Å². The van der Waals surface area contributed by atoms with Crippen LogP contribution in [0.4, 0.5) is 10.2 Å². The normalized spacial score (nSPS) is 14.8. The van der Waals surface area contributed by atoms with Gasteiger partial charge < -0.3 is 15.0 Å². The standard InChI is InChI=1S/C22H24FN3O3/c1-2-29-21(27)10-4-16-3-9-20(24-15-16)25-19-11-13-26(14-12-19)22(28)17-5-7-18(23)8-6-17/h3-10,15,19H,2,11-14H2,1H3,(H,24,25)/b10-4+. The molecule has 152 valence electrons. The van der Waals surface area contributed by atoms with Gasteiger partial charge in [0.25, 0.3) is 5.91 Å². The molecule has 2 aromatic rings. The van der Waals surface area contributed by atoms with Gasteiger partial charge in [0.15, 0.2) is 0 Å². The molecule has 6 nitrogen and oxygen atoms in total. The average molecular weight is 397 g/mol. The van der Waals surface area contributed by atoms with Crippen molar-refractivity contribution < 1.29 is 18.7 Å². The van der Waals surface area contributed by atoms with Crippen molar-refractivity contribution in [2.75, 3.05) is 25.0 Å². The summed E-state index contributed by atoms with van der Waals surface area (Å²) in [6.07, 6.45) is 6.33. The highest BCUT2D eigenvalue weighted by atomic mass is 19.1. The van der Waals surface area contributed by atoms with Crippen molar-refractivity contribution >= 4 is 23.8 Å². The lowest BCUT2D eigenvalue weighted by atomic mass is 10.0. The highest BCUT2D eigenvalue weighted by Gasteiger charge is 2.23. The minimum atomic E-state index is -0.378. The number of nitrogens with one attached hydrogen (secondary N) is 1. The van der Waals surface area contributed by atoms with E-state index in [4.69, 9.17) is 4.74 Å². The summed E-state index contributed by atoms with van der Waals surface area (Å²) in [7, 11) is 0. The van der Waals surface area contributed by atoms with E-state index in [-0.39, 0.29) is 23.7 Å². The quantitative estimate of drug-likeness (QED) is 0.597. The van der Waals surface area contributed by atoms with Crippen LogP contribution in [0.25, 0.3) is 6.08 Å². The second kappa shape index (κ2) is 9.82. The highest BCUT2D eigenvalue weighted by molar-refractivity contribution is 5.94. The predicted molar refractivity (Wildman–Crippen MR) is 109 cm³/mol. The molecular formula is C22H24FN3O3. The molecule has 1 aromatic carbocycles. The van der Waals surface area contributed by atoms with Gasteiger partial charge in [-0.25, -0.2) is 14.2 Å². The summed E-state index contributed by atoms with van der Waals surface area (Å²) in [5, 5.41) is 3.39. The Balaban J connectivity index is 1.48. The van der Waals surface area contributed by atoms with Gasteiger partial charge in [-0.3, -0.25) is 4.79 Å². The van der Waals surface area contributed by atoms with E-state index >= 15 is 0 Å². The van der Waals surface area contributed by atoms with Crippen LogP contribution in [0.2, 0.25) is 0 Å². The minimum absolute atomic E-state index is 0.0701. The first-order valence-electron chi connectivity index (χ1n) is 9.67. The third-order valence-electron chi connectivity index (χ3n) is 4.71. The van der Waals surface area contributed by atoms with Crippen LogP contribution in [-0.4, -0.2) is 47.5 Å². The van der Waals surface area contributed by atoms with Crippen LogP contribution in [0.1, 0.15) is 35.7 Å². The average Bonchev–Trinajstić information content (AvgIpc) is 2.74. The lowest BCUT2D eigenvalue weighted by Gasteiger charge is -2.32. The predicted octanol–water partition coefficient (Wildman–Crippen LogP) is 3.51. The lowest BCUT2D eigenvalue weighted by molar-refractivity contribution is -0.137. The Morgan fingerprint density at radius 1 is 1.21 bits per heavy atom. The first-order valence-corrected chi connectivity index (χ1v) is 9.67. The van der Waals surface area contributed by atoms with E-state index in [1.165, 1.54) is 30.3 Å². The van der Waals surface area contributed by atoms with E-state index < -0.39 is 0 Å². The summed E-state index contributed by atoms with van der Waals surface area (Å²) in [5.74, 6) is -0.0445. The molecule has 0 unspecified atom stereocenters. The van der Waals surface area contributed by atoms with E-state index in [1.807, 2.05) is 12.1 Å². The van der Waals surface area contributed by atoms with Crippen LogP contribution in [0.5, 0.6) is 0 Å². The Hall–Kier alpha value is -3.22. The minimum Gasteiger partial charge on any atom is -0.463 e. The van der Waals surface area contributed by atoms with Crippen molar-refractivity contribution in [2.45, 2.75) is 25.8 Å². The molecule has 0 radical (unpaired) electrons. The second-order valence-corrected chi connectivity index (χ2v) is 6.78. The Labute approximate surface area is 169 Å². The van der Waals surface area contributed by atoms with Crippen LogP contribution >= 0.6 is 0 Å². The Morgan fingerprint density at radius 3 is 2.55 bits per heavy atom. The van der Waals surface area contributed by atoms with Gasteiger partial charge >= 0.3 is 5.97 Å². The summed E-state index contributed by atoms with van der Waals surface area (Å²) in [6.45, 7) is 3.37. The number of ether oxygens (including phenoxy) is 1. The molecular weight excluding hydrogens is 373 g/mol. The molecule has 1 aliphatic rings. The number of rotatable bonds is 6. The van der Waals surface area contributed by atoms with E-state index in [2.05, 4.69) is 10.3 Å². The molecule has 1 N–H and O–H groups in total. The van der Waals surface area contributed by atoms with E-state index in [0.29, 0.717) is 25.3 Å². The number of amides is 1. The molecule has 7 heteroatoms.